The number of Topliss-reactive ketones (excluding diaryl/α,β-unsaturated/α-hetero) is 1. The quantitative estimate of drug-likeness (QED) is 0.583. The zero-order valence-electron chi connectivity index (χ0n) is 12.4. The van der Waals surface area contributed by atoms with Gasteiger partial charge in [-0.1, -0.05) is 38.5 Å². The summed E-state index contributed by atoms with van der Waals surface area (Å²) < 4.78 is 0. The first-order valence-electron chi connectivity index (χ1n) is 7.19. The number of benzene rings is 1. The number of hydrogen-bond donors (Lipinski definition) is 1. The van der Waals surface area contributed by atoms with Crippen LogP contribution in [0, 0.1) is 0 Å². The highest BCUT2D eigenvalue weighted by atomic mass is 16.7. The first-order valence-corrected chi connectivity index (χ1v) is 7.19. The van der Waals surface area contributed by atoms with E-state index in [1.54, 1.807) is 24.3 Å². The summed E-state index contributed by atoms with van der Waals surface area (Å²) in [5.74, 6) is -0.520. The fraction of sp³-hybridized carbons (Fsp3) is 0.500. The molecule has 1 aromatic carbocycles. The van der Waals surface area contributed by atoms with Crippen LogP contribution in [0.1, 0.15) is 67.2 Å². The Morgan fingerprint density at radius 1 is 1.20 bits per heavy atom. The summed E-state index contributed by atoms with van der Waals surface area (Å²) in [5.41, 5.74) is 3.44. The number of hydroxylamine groups is 1. The lowest BCUT2D eigenvalue weighted by Crippen LogP contribution is -2.29. The summed E-state index contributed by atoms with van der Waals surface area (Å²) in [6.45, 7) is 5.95. The second kappa shape index (κ2) is 8.48. The van der Waals surface area contributed by atoms with Crippen LogP contribution >= 0.6 is 0 Å². The van der Waals surface area contributed by atoms with Gasteiger partial charge in [0.25, 0.3) is 0 Å². The van der Waals surface area contributed by atoms with E-state index in [1.807, 2.05) is 20.8 Å². The topological polar surface area (TPSA) is 55.4 Å². The smallest absolute Gasteiger partial charge is 0.357 e. The third-order valence-corrected chi connectivity index (χ3v) is 3.17. The number of carbonyl (C=O) groups excluding carboxylic acids is 2. The van der Waals surface area contributed by atoms with Crippen LogP contribution in [0.3, 0.4) is 0 Å². The maximum absolute atomic E-state index is 12.1. The molecule has 0 aliphatic carbocycles. The zero-order valence-corrected chi connectivity index (χ0v) is 12.4. The van der Waals surface area contributed by atoms with Crippen LogP contribution in [0.4, 0.5) is 0 Å². The van der Waals surface area contributed by atoms with E-state index in [0.717, 1.165) is 19.3 Å². The Morgan fingerprint density at radius 3 is 2.45 bits per heavy atom. The second-order valence-corrected chi connectivity index (χ2v) is 4.89. The molecule has 4 nitrogen and oxygen atoms in total. The molecule has 0 aliphatic heterocycles. The minimum atomic E-state index is -0.509. The van der Waals surface area contributed by atoms with E-state index in [4.69, 9.17) is 4.84 Å². The van der Waals surface area contributed by atoms with Crippen LogP contribution in [0.5, 0.6) is 0 Å². The van der Waals surface area contributed by atoms with Crippen LogP contribution in [0.15, 0.2) is 24.3 Å². The van der Waals surface area contributed by atoms with Crippen LogP contribution in [-0.4, -0.2) is 17.8 Å². The lowest BCUT2D eigenvalue weighted by molar-refractivity contribution is 0.0166. The molecule has 0 bridgehead atoms. The van der Waals surface area contributed by atoms with Gasteiger partial charge in [0.05, 0.1) is 5.56 Å². The van der Waals surface area contributed by atoms with E-state index in [-0.39, 0.29) is 11.8 Å². The molecule has 1 aromatic rings. The second-order valence-electron chi connectivity index (χ2n) is 4.89. The predicted octanol–water partition coefficient (Wildman–Crippen LogP) is 3.52. The average Bonchev–Trinajstić information content (AvgIpc) is 2.49. The average molecular weight is 277 g/mol. The summed E-state index contributed by atoms with van der Waals surface area (Å²) in [5, 5.41) is 0. The van der Waals surface area contributed by atoms with Gasteiger partial charge in [-0.3, -0.25) is 4.79 Å². The van der Waals surface area contributed by atoms with Gasteiger partial charge >= 0.3 is 5.97 Å². The molecule has 1 unspecified atom stereocenters. The maximum Gasteiger partial charge on any atom is 0.357 e. The number of hydrogen-bond acceptors (Lipinski definition) is 4. The third kappa shape index (κ3) is 4.78. The van der Waals surface area contributed by atoms with E-state index in [0.29, 0.717) is 17.5 Å². The molecule has 0 radical (unpaired) electrons. The molecule has 0 heterocycles. The van der Waals surface area contributed by atoms with Gasteiger partial charge in [0.2, 0.25) is 0 Å². The van der Waals surface area contributed by atoms with Gasteiger partial charge in [-0.2, -0.15) is 5.48 Å². The lowest BCUT2D eigenvalue weighted by atomic mass is 10.0. The summed E-state index contributed by atoms with van der Waals surface area (Å²) in [6.07, 6.45) is 3.09. The molecule has 0 aromatic heterocycles. The number of unbranched alkanes of at least 4 members (excludes halogenated alkanes) is 1. The van der Waals surface area contributed by atoms with Crippen molar-refractivity contribution >= 4 is 11.8 Å². The normalized spacial score (nSPS) is 11.9. The van der Waals surface area contributed by atoms with Gasteiger partial charge < -0.3 is 4.84 Å². The Morgan fingerprint density at radius 2 is 1.85 bits per heavy atom. The van der Waals surface area contributed by atoms with Gasteiger partial charge in [-0.15, -0.1) is 0 Å². The van der Waals surface area contributed by atoms with Crippen LogP contribution in [-0.2, 0) is 4.84 Å². The number of rotatable bonds is 8. The molecule has 0 amide bonds. The lowest BCUT2D eigenvalue weighted by Gasteiger charge is -2.12. The van der Waals surface area contributed by atoms with Crippen molar-refractivity contribution in [2.24, 2.45) is 0 Å². The molecule has 4 heteroatoms. The van der Waals surface area contributed by atoms with Crippen LogP contribution < -0.4 is 5.48 Å². The Kier molecular flexibility index (Phi) is 6.94. The third-order valence-electron chi connectivity index (χ3n) is 3.17. The molecule has 20 heavy (non-hydrogen) atoms. The van der Waals surface area contributed by atoms with E-state index < -0.39 is 5.97 Å². The van der Waals surface area contributed by atoms with Gasteiger partial charge in [0, 0.05) is 18.0 Å². The van der Waals surface area contributed by atoms with Gasteiger partial charge in [-0.05, 0) is 25.8 Å². The molecular weight excluding hydrogens is 254 g/mol. The summed E-state index contributed by atoms with van der Waals surface area (Å²) in [6, 6.07) is 6.88. The molecular formula is C16H23NO3. The molecule has 0 aliphatic rings. The Hall–Kier alpha value is -1.68. The van der Waals surface area contributed by atoms with Crippen molar-refractivity contribution in [2.45, 2.75) is 52.5 Å². The van der Waals surface area contributed by atoms with Gasteiger partial charge in [0.15, 0.2) is 5.78 Å². The van der Waals surface area contributed by atoms with Crippen molar-refractivity contribution in [3.63, 3.8) is 0 Å². The Balaban J connectivity index is 2.78. The Bertz CT molecular complexity index is 457. The number of carbonyl (C=O) groups is 2. The first kappa shape index (κ1) is 16.4. The summed E-state index contributed by atoms with van der Waals surface area (Å²) >= 11 is 0. The number of ketones is 1. The van der Waals surface area contributed by atoms with E-state index in [9.17, 15) is 9.59 Å². The first-order chi connectivity index (χ1) is 9.60. The van der Waals surface area contributed by atoms with Crippen molar-refractivity contribution < 1.29 is 14.4 Å². The minimum Gasteiger partial charge on any atom is -0.366 e. The fourth-order valence-electron chi connectivity index (χ4n) is 1.67. The standard InChI is InChI=1S/C16H23NO3/c1-4-6-11-15(18)13-9-7-8-10-14(13)16(19)20-17-12(3)5-2/h7-10,12,17H,4-6,11H2,1-3H3. The van der Waals surface area contributed by atoms with Crippen molar-refractivity contribution in [3.8, 4) is 0 Å². The van der Waals surface area contributed by atoms with E-state index >= 15 is 0 Å². The highest BCUT2D eigenvalue weighted by molar-refractivity contribution is 6.06. The van der Waals surface area contributed by atoms with Crippen LogP contribution in [0.25, 0.3) is 0 Å². The largest absolute Gasteiger partial charge is 0.366 e. The molecule has 0 fully saturated rings. The van der Waals surface area contributed by atoms with Crippen molar-refractivity contribution in [1.82, 2.24) is 5.48 Å². The van der Waals surface area contributed by atoms with E-state index in [1.165, 1.54) is 0 Å². The highest BCUT2D eigenvalue weighted by Crippen LogP contribution is 2.14. The zero-order chi connectivity index (χ0) is 15.0. The summed E-state index contributed by atoms with van der Waals surface area (Å²) in [4.78, 5) is 29.2. The van der Waals surface area contributed by atoms with Gasteiger partial charge in [-0.25, -0.2) is 4.79 Å². The number of nitrogens with one attached hydrogen (secondary N) is 1. The summed E-state index contributed by atoms with van der Waals surface area (Å²) in [7, 11) is 0. The predicted molar refractivity (Wildman–Crippen MR) is 78.6 cm³/mol. The molecule has 0 saturated carbocycles. The van der Waals surface area contributed by atoms with Crippen molar-refractivity contribution in [1.29, 1.82) is 0 Å². The molecule has 1 atom stereocenters. The van der Waals surface area contributed by atoms with Gasteiger partial charge in [0.1, 0.15) is 0 Å². The minimum absolute atomic E-state index is 0.0112. The molecule has 110 valence electrons. The monoisotopic (exact) mass is 277 g/mol. The SMILES string of the molecule is CCCCC(=O)c1ccccc1C(=O)ONC(C)CC. The van der Waals surface area contributed by atoms with Crippen LogP contribution in [0.2, 0.25) is 0 Å². The Labute approximate surface area is 120 Å². The maximum atomic E-state index is 12.1. The molecule has 0 spiro atoms. The molecule has 0 saturated heterocycles. The van der Waals surface area contributed by atoms with Crippen molar-refractivity contribution in [2.75, 3.05) is 0 Å². The fourth-order valence-corrected chi connectivity index (χ4v) is 1.67. The molecule has 1 rings (SSSR count). The van der Waals surface area contributed by atoms with Crippen molar-refractivity contribution in [3.05, 3.63) is 35.4 Å². The molecule has 1 N–H and O–H groups in total. The van der Waals surface area contributed by atoms with E-state index in [2.05, 4.69) is 5.48 Å². The highest BCUT2D eigenvalue weighted by Gasteiger charge is 2.18.